The summed E-state index contributed by atoms with van der Waals surface area (Å²) < 4.78 is 0. The van der Waals surface area contributed by atoms with Gasteiger partial charge in [0.2, 0.25) is 0 Å². The third kappa shape index (κ3) is 3.44. The Kier molecular flexibility index (Phi) is 4.75. The number of halogens is 2. The van der Waals surface area contributed by atoms with E-state index >= 15 is 0 Å². The molecule has 0 bridgehead atoms. The molecule has 2 aromatic carbocycles. The number of carbonyl (C=O) groups is 1. The summed E-state index contributed by atoms with van der Waals surface area (Å²) in [5.74, 6) is -0.406. The second kappa shape index (κ2) is 6.33. The van der Waals surface area contributed by atoms with Crippen molar-refractivity contribution < 1.29 is 9.90 Å². The Morgan fingerprint density at radius 3 is 2.32 bits per heavy atom. The molecule has 2 nitrogen and oxygen atoms in total. The Labute approximate surface area is 125 Å². The smallest absolute Gasteiger partial charge is 0.336 e. The lowest BCUT2D eigenvalue weighted by Gasteiger charge is -2.08. The molecule has 0 saturated heterocycles. The molecule has 19 heavy (non-hydrogen) atoms. The second-order valence-corrected chi connectivity index (χ2v) is 5.62. The van der Waals surface area contributed by atoms with Crippen LogP contribution in [-0.2, 0) is 5.75 Å². The van der Waals surface area contributed by atoms with Gasteiger partial charge in [-0.1, -0.05) is 41.4 Å². The van der Waals surface area contributed by atoms with Gasteiger partial charge in [-0.3, -0.25) is 0 Å². The molecular weight excluding hydrogens is 303 g/mol. The molecule has 0 unspecified atom stereocenters. The number of aromatic carboxylic acids is 1. The minimum atomic E-state index is -0.937. The number of hydrogen-bond donors (Lipinski definition) is 1. The minimum absolute atomic E-state index is 0.288. The Hall–Kier alpha value is -1.16. The summed E-state index contributed by atoms with van der Waals surface area (Å²) in [5, 5.41) is 10.3. The van der Waals surface area contributed by atoms with E-state index in [4.69, 9.17) is 28.3 Å². The first-order chi connectivity index (χ1) is 9.09. The van der Waals surface area contributed by atoms with Gasteiger partial charge < -0.3 is 5.11 Å². The van der Waals surface area contributed by atoms with Crippen molar-refractivity contribution in [1.29, 1.82) is 0 Å². The van der Waals surface area contributed by atoms with Gasteiger partial charge in [-0.05, 0) is 29.8 Å². The Morgan fingerprint density at radius 2 is 1.68 bits per heavy atom. The predicted molar refractivity (Wildman–Crippen MR) is 79.4 cm³/mol. The van der Waals surface area contributed by atoms with Crippen molar-refractivity contribution in [3.63, 3.8) is 0 Å². The first-order valence-electron chi connectivity index (χ1n) is 5.47. The van der Waals surface area contributed by atoms with Crippen LogP contribution in [0.15, 0.2) is 47.4 Å². The van der Waals surface area contributed by atoms with Gasteiger partial charge in [0.05, 0.1) is 5.56 Å². The van der Waals surface area contributed by atoms with Gasteiger partial charge in [0.15, 0.2) is 0 Å². The zero-order valence-electron chi connectivity index (χ0n) is 9.77. The van der Waals surface area contributed by atoms with E-state index in [0.29, 0.717) is 20.7 Å². The van der Waals surface area contributed by atoms with Crippen LogP contribution in [0.1, 0.15) is 15.9 Å². The lowest BCUT2D eigenvalue weighted by atomic mass is 10.2. The molecule has 0 spiro atoms. The van der Waals surface area contributed by atoms with E-state index in [9.17, 15) is 4.79 Å². The molecule has 5 heteroatoms. The van der Waals surface area contributed by atoms with Crippen molar-refractivity contribution in [2.75, 3.05) is 0 Å². The van der Waals surface area contributed by atoms with Gasteiger partial charge in [0.25, 0.3) is 0 Å². The van der Waals surface area contributed by atoms with E-state index in [1.165, 1.54) is 11.8 Å². The summed E-state index contributed by atoms with van der Waals surface area (Å²) in [7, 11) is 0. The van der Waals surface area contributed by atoms with Crippen molar-refractivity contribution in [1.82, 2.24) is 0 Å². The fourth-order valence-electron chi connectivity index (χ4n) is 1.59. The van der Waals surface area contributed by atoms with Crippen LogP contribution in [0.3, 0.4) is 0 Å². The first kappa shape index (κ1) is 14.3. The van der Waals surface area contributed by atoms with E-state index in [2.05, 4.69) is 0 Å². The van der Waals surface area contributed by atoms with Gasteiger partial charge in [0.1, 0.15) is 0 Å². The maximum atomic E-state index is 11.1. The zero-order chi connectivity index (χ0) is 13.8. The molecule has 0 aliphatic carbocycles. The van der Waals surface area contributed by atoms with Crippen LogP contribution in [0.5, 0.6) is 0 Å². The van der Waals surface area contributed by atoms with Crippen molar-refractivity contribution in [2.24, 2.45) is 0 Å². The molecule has 0 radical (unpaired) electrons. The molecule has 0 saturated carbocycles. The lowest BCUT2D eigenvalue weighted by molar-refractivity contribution is 0.0693. The van der Waals surface area contributed by atoms with E-state index < -0.39 is 5.97 Å². The van der Waals surface area contributed by atoms with Crippen LogP contribution in [-0.4, -0.2) is 11.1 Å². The predicted octanol–water partition coefficient (Wildman–Crippen LogP) is 4.98. The molecule has 98 valence electrons. The fraction of sp³-hybridized carbons (Fsp3) is 0.0714. The molecule has 1 N–H and O–H groups in total. The van der Waals surface area contributed by atoms with Gasteiger partial charge >= 0.3 is 5.97 Å². The van der Waals surface area contributed by atoms with Crippen LogP contribution in [0, 0.1) is 0 Å². The van der Waals surface area contributed by atoms with Crippen LogP contribution in [0.2, 0.25) is 10.0 Å². The first-order valence-corrected chi connectivity index (χ1v) is 7.21. The highest BCUT2D eigenvalue weighted by Gasteiger charge is 2.11. The molecular formula is C14H10Cl2O2S. The molecule has 2 aromatic rings. The molecule has 0 heterocycles. The molecule has 0 aliphatic rings. The van der Waals surface area contributed by atoms with Crippen molar-refractivity contribution in [3.05, 3.63) is 63.6 Å². The zero-order valence-corrected chi connectivity index (χ0v) is 12.1. The number of benzene rings is 2. The Morgan fingerprint density at radius 1 is 1.05 bits per heavy atom. The van der Waals surface area contributed by atoms with Crippen molar-refractivity contribution >= 4 is 40.9 Å². The summed E-state index contributed by atoms with van der Waals surface area (Å²) in [5.41, 5.74) is 1.10. The Bertz CT molecular complexity index is 594. The van der Waals surface area contributed by atoms with Gasteiger partial charge in [-0.25, -0.2) is 4.79 Å². The highest BCUT2D eigenvalue weighted by molar-refractivity contribution is 7.98. The lowest BCUT2D eigenvalue weighted by Crippen LogP contribution is -1.98. The Balaban J connectivity index is 2.22. The molecule has 2 rings (SSSR count). The average molecular weight is 313 g/mol. The molecule has 0 atom stereocenters. The van der Waals surface area contributed by atoms with E-state index in [-0.39, 0.29) is 5.56 Å². The molecule has 0 fully saturated rings. The number of carboxylic acids is 1. The van der Waals surface area contributed by atoms with E-state index in [1.807, 2.05) is 6.07 Å². The summed E-state index contributed by atoms with van der Waals surface area (Å²) in [6.45, 7) is 0. The van der Waals surface area contributed by atoms with E-state index in [1.54, 1.807) is 36.4 Å². The standard InChI is InChI=1S/C14H10Cl2O2S/c15-11-5-3-6-12(16)10(11)8-19-13-7-2-1-4-9(13)14(17)18/h1-7H,8H2,(H,17,18). The van der Waals surface area contributed by atoms with Crippen LogP contribution < -0.4 is 0 Å². The van der Waals surface area contributed by atoms with Crippen LogP contribution in [0.4, 0.5) is 0 Å². The van der Waals surface area contributed by atoms with Crippen LogP contribution in [0.25, 0.3) is 0 Å². The highest BCUT2D eigenvalue weighted by Crippen LogP contribution is 2.32. The molecule has 0 amide bonds. The fourth-order valence-corrected chi connectivity index (χ4v) is 3.38. The van der Waals surface area contributed by atoms with Gasteiger partial charge in [-0.15, -0.1) is 11.8 Å². The summed E-state index contributed by atoms with van der Waals surface area (Å²) in [6.07, 6.45) is 0. The van der Waals surface area contributed by atoms with Gasteiger partial charge in [0, 0.05) is 20.7 Å². The average Bonchev–Trinajstić information content (AvgIpc) is 2.38. The summed E-state index contributed by atoms with van der Waals surface area (Å²) >= 11 is 13.6. The maximum Gasteiger partial charge on any atom is 0.336 e. The van der Waals surface area contributed by atoms with Gasteiger partial charge in [-0.2, -0.15) is 0 Å². The SMILES string of the molecule is O=C(O)c1ccccc1SCc1c(Cl)cccc1Cl. The van der Waals surface area contributed by atoms with E-state index in [0.717, 1.165) is 5.56 Å². The molecule has 0 aliphatic heterocycles. The highest BCUT2D eigenvalue weighted by atomic mass is 35.5. The number of hydrogen-bond acceptors (Lipinski definition) is 2. The maximum absolute atomic E-state index is 11.1. The number of rotatable bonds is 4. The summed E-state index contributed by atoms with van der Waals surface area (Å²) in [4.78, 5) is 11.8. The van der Waals surface area contributed by atoms with Crippen molar-refractivity contribution in [3.8, 4) is 0 Å². The largest absolute Gasteiger partial charge is 0.478 e. The second-order valence-electron chi connectivity index (χ2n) is 3.79. The topological polar surface area (TPSA) is 37.3 Å². The van der Waals surface area contributed by atoms with Crippen molar-refractivity contribution in [2.45, 2.75) is 10.6 Å². The summed E-state index contributed by atoms with van der Waals surface area (Å²) in [6, 6.07) is 12.2. The number of carboxylic acid groups (broad SMARTS) is 1. The molecule has 0 aromatic heterocycles. The monoisotopic (exact) mass is 312 g/mol. The normalized spacial score (nSPS) is 10.4. The third-order valence-corrected chi connectivity index (χ3v) is 4.36. The number of thioether (sulfide) groups is 1. The quantitative estimate of drug-likeness (QED) is 0.809. The van der Waals surface area contributed by atoms with Crippen LogP contribution >= 0.6 is 35.0 Å². The third-order valence-electron chi connectivity index (χ3n) is 2.55. The minimum Gasteiger partial charge on any atom is -0.478 e.